The highest BCUT2D eigenvalue weighted by Gasteiger charge is 2.56. The second kappa shape index (κ2) is 11.6. The minimum absolute atomic E-state index is 0.00216. The second-order valence-electron chi connectivity index (χ2n) is 9.96. The van der Waals surface area contributed by atoms with Gasteiger partial charge >= 0.3 is 12.3 Å². The van der Waals surface area contributed by atoms with E-state index < -0.39 is 95.1 Å². The molecular formula is C26H21ClF11IO. The normalized spacial score (nSPS) is 37.5. The van der Waals surface area contributed by atoms with Crippen LogP contribution < -0.4 is 0 Å². The van der Waals surface area contributed by atoms with Crippen LogP contribution in [0.4, 0.5) is 48.3 Å². The van der Waals surface area contributed by atoms with Crippen LogP contribution in [0.25, 0.3) is 0 Å². The molecule has 4 aliphatic carbocycles. The van der Waals surface area contributed by atoms with Crippen molar-refractivity contribution in [2.24, 2.45) is 23.7 Å². The SMILES string of the molecule is FC1=CC(I)CC=C1[C@H]1C=C(F)[C@@H](C2=CC(F)[C@H](C(F)(F)OC3=C[C@H](F)C(C(F)(F)F)C(F)C3)C(F)=C2)C(Cl)C1. The molecular weight excluding hydrogens is 700 g/mol. The Morgan fingerprint density at radius 2 is 1.57 bits per heavy atom. The molecule has 0 aromatic rings. The summed E-state index contributed by atoms with van der Waals surface area (Å²) in [5, 5.41) is -1.13. The molecule has 4 rings (SSSR count). The maximum Gasteiger partial charge on any atom is 0.410 e. The van der Waals surface area contributed by atoms with Gasteiger partial charge in [0, 0.05) is 21.6 Å². The Bertz CT molecular complexity index is 1190. The lowest BCUT2D eigenvalue weighted by Crippen LogP contribution is -2.44. The van der Waals surface area contributed by atoms with Crippen LogP contribution in [0.15, 0.2) is 70.8 Å². The fraction of sp³-hybridized carbons (Fsp3) is 0.538. The van der Waals surface area contributed by atoms with Crippen molar-refractivity contribution >= 4 is 34.2 Å². The molecule has 40 heavy (non-hydrogen) atoms. The molecule has 0 aliphatic heterocycles. The van der Waals surface area contributed by atoms with Crippen LogP contribution in [0, 0.1) is 23.7 Å². The Balaban J connectivity index is 1.51. The van der Waals surface area contributed by atoms with Crippen molar-refractivity contribution in [2.45, 2.75) is 59.4 Å². The molecule has 1 nitrogen and oxygen atoms in total. The van der Waals surface area contributed by atoms with Gasteiger partial charge in [-0.3, -0.25) is 0 Å². The zero-order valence-corrected chi connectivity index (χ0v) is 23.0. The molecule has 222 valence electrons. The molecule has 0 saturated carbocycles. The van der Waals surface area contributed by atoms with Gasteiger partial charge < -0.3 is 4.74 Å². The summed E-state index contributed by atoms with van der Waals surface area (Å²) in [4.78, 5) is 0. The second-order valence-corrected chi connectivity index (χ2v) is 12.1. The predicted octanol–water partition coefficient (Wildman–Crippen LogP) is 9.57. The summed E-state index contributed by atoms with van der Waals surface area (Å²) in [5.41, 5.74) is -0.181. The summed E-state index contributed by atoms with van der Waals surface area (Å²) in [6.07, 6.45) is -14.9. The van der Waals surface area contributed by atoms with Crippen LogP contribution in [0.1, 0.15) is 19.3 Å². The first-order chi connectivity index (χ1) is 18.5. The standard InChI is InChI=1S/C26H21ClF11IO/c27-15-3-10(14-2-1-12(39)7-16(14)28)4-17(29)22(15)11-5-18(30)24(19(31)6-11)26(37,38)40-13-8-20(32)23(21(33)9-13)25(34,35)36/h2,4-8,10,12,15,18,20-24H,1,3,9H2/t10-,12?,15?,18?,20+,21?,22+,23?,24+/m1/s1. The van der Waals surface area contributed by atoms with Crippen molar-refractivity contribution in [3.05, 3.63) is 70.8 Å². The van der Waals surface area contributed by atoms with E-state index in [2.05, 4.69) is 4.74 Å². The molecule has 9 atom stereocenters. The maximum atomic E-state index is 15.1. The Morgan fingerprint density at radius 1 is 0.900 bits per heavy atom. The van der Waals surface area contributed by atoms with Crippen molar-refractivity contribution in [3.8, 4) is 0 Å². The quantitative estimate of drug-likeness (QED) is 0.156. The molecule has 0 amide bonds. The minimum Gasteiger partial charge on any atom is -0.437 e. The monoisotopic (exact) mass is 720 g/mol. The van der Waals surface area contributed by atoms with Gasteiger partial charge in [-0.1, -0.05) is 28.7 Å². The summed E-state index contributed by atoms with van der Waals surface area (Å²) in [5.74, 6) is -12.8. The van der Waals surface area contributed by atoms with E-state index in [1.807, 2.05) is 22.6 Å². The Morgan fingerprint density at radius 3 is 2.12 bits per heavy atom. The molecule has 0 saturated heterocycles. The Kier molecular flexibility index (Phi) is 9.14. The third-order valence-corrected chi connectivity index (χ3v) is 8.47. The lowest BCUT2D eigenvalue weighted by molar-refractivity contribution is -0.258. The van der Waals surface area contributed by atoms with Crippen LogP contribution in [-0.2, 0) is 4.74 Å². The highest BCUT2D eigenvalue weighted by molar-refractivity contribution is 14.1. The van der Waals surface area contributed by atoms with E-state index in [9.17, 15) is 43.9 Å². The number of ether oxygens (including phenoxy) is 1. The summed E-state index contributed by atoms with van der Waals surface area (Å²) >= 11 is 8.35. The van der Waals surface area contributed by atoms with E-state index >= 15 is 4.39 Å². The van der Waals surface area contributed by atoms with E-state index in [1.165, 1.54) is 6.08 Å². The van der Waals surface area contributed by atoms with Crippen LogP contribution in [0.2, 0.25) is 0 Å². The largest absolute Gasteiger partial charge is 0.437 e. The van der Waals surface area contributed by atoms with E-state index in [0.717, 1.165) is 6.08 Å². The van der Waals surface area contributed by atoms with Crippen molar-refractivity contribution < 1.29 is 53.0 Å². The number of rotatable bonds is 5. The number of alkyl halides is 10. The Hall–Kier alpha value is -1.51. The van der Waals surface area contributed by atoms with Crippen molar-refractivity contribution in [1.29, 1.82) is 0 Å². The van der Waals surface area contributed by atoms with Crippen LogP contribution >= 0.6 is 34.2 Å². The minimum atomic E-state index is -5.30. The molecule has 0 heterocycles. The summed E-state index contributed by atoms with van der Waals surface area (Å²) in [7, 11) is 0. The molecule has 0 spiro atoms. The topological polar surface area (TPSA) is 9.23 Å². The highest BCUT2D eigenvalue weighted by Crippen LogP contribution is 2.49. The third-order valence-electron chi connectivity index (χ3n) is 7.18. The van der Waals surface area contributed by atoms with Gasteiger partial charge in [0.2, 0.25) is 0 Å². The molecule has 0 fully saturated rings. The van der Waals surface area contributed by atoms with Gasteiger partial charge in [0.25, 0.3) is 0 Å². The molecule has 4 aliphatic rings. The van der Waals surface area contributed by atoms with Gasteiger partial charge in [0.05, 0.1) is 5.92 Å². The van der Waals surface area contributed by atoms with Crippen molar-refractivity contribution in [3.63, 3.8) is 0 Å². The first-order valence-corrected chi connectivity index (χ1v) is 13.8. The molecule has 0 bridgehead atoms. The number of halogens is 13. The lowest BCUT2D eigenvalue weighted by atomic mass is 9.76. The number of hydrogen-bond donors (Lipinski definition) is 0. The predicted molar refractivity (Wildman–Crippen MR) is 134 cm³/mol. The third kappa shape index (κ3) is 6.44. The van der Waals surface area contributed by atoms with Crippen LogP contribution in [0.5, 0.6) is 0 Å². The van der Waals surface area contributed by atoms with Crippen molar-refractivity contribution in [2.75, 3.05) is 0 Å². The van der Waals surface area contributed by atoms with Gasteiger partial charge in [-0.05, 0) is 54.4 Å². The molecule has 5 unspecified atom stereocenters. The fourth-order valence-corrected chi connectivity index (χ4v) is 6.35. The molecule has 0 radical (unpaired) electrons. The maximum absolute atomic E-state index is 15.1. The first kappa shape index (κ1) is 31.4. The van der Waals surface area contributed by atoms with Gasteiger partial charge in [-0.15, -0.1) is 11.6 Å². The van der Waals surface area contributed by atoms with Gasteiger partial charge in [-0.2, -0.15) is 22.0 Å². The van der Waals surface area contributed by atoms with E-state index in [1.54, 1.807) is 6.08 Å². The lowest BCUT2D eigenvalue weighted by Gasteiger charge is -2.36. The summed E-state index contributed by atoms with van der Waals surface area (Å²) in [6, 6.07) is 0. The van der Waals surface area contributed by atoms with Crippen LogP contribution in [0.3, 0.4) is 0 Å². The molecule has 0 aromatic carbocycles. The van der Waals surface area contributed by atoms with E-state index in [0.29, 0.717) is 18.6 Å². The van der Waals surface area contributed by atoms with Gasteiger partial charge in [0.1, 0.15) is 53.6 Å². The molecule has 0 N–H and O–H groups in total. The smallest absolute Gasteiger partial charge is 0.410 e. The fourth-order valence-electron chi connectivity index (χ4n) is 5.32. The first-order valence-electron chi connectivity index (χ1n) is 12.1. The zero-order chi connectivity index (χ0) is 29.7. The average Bonchev–Trinajstić information content (AvgIpc) is 2.76. The average molecular weight is 721 g/mol. The summed E-state index contributed by atoms with van der Waals surface area (Å²) in [6.45, 7) is 0. The van der Waals surface area contributed by atoms with Crippen molar-refractivity contribution in [1.82, 2.24) is 0 Å². The Labute approximate surface area is 240 Å². The zero-order valence-electron chi connectivity index (χ0n) is 20.1. The van der Waals surface area contributed by atoms with E-state index in [-0.39, 0.29) is 22.0 Å². The summed E-state index contributed by atoms with van der Waals surface area (Å²) < 4.78 is 159. The van der Waals surface area contributed by atoms with Gasteiger partial charge in [0.15, 0.2) is 0 Å². The van der Waals surface area contributed by atoms with Gasteiger partial charge in [-0.25, -0.2) is 26.3 Å². The number of hydrogen-bond acceptors (Lipinski definition) is 1. The van der Waals surface area contributed by atoms with Crippen LogP contribution in [-0.4, -0.2) is 40.1 Å². The number of allylic oxidation sites excluding steroid dienone is 11. The van der Waals surface area contributed by atoms with E-state index in [4.69, 9.17) is 11.6 Å². The highest BCUT2D eigenvalue weighted by atomic mass is 127. The molecule has 14 heteroatoms. The molecule has 0 aromatic heterocycles.